The first-order valence-corrected chi connectivity index (χ1v) is 10.0. The van der Waals surface area contributed by atoms with Gasteiger partial charge in [-0.2, -0.15) is 0 Å². The maximum Gasteiger partial charge on any atom is 0.261 e. The summed E-state index contributed by atoms with van der Waals surface area (Å²) >= 11 is 13.4. The van der Waals surface area contributed by atoms with E-state index in [4.69, 9.17) is 23.2 Å². The molecular weight excluding hydrogens is 419 g/mol. The molecule has 0 aliphatic heterocycles. The molecule has 1 amide bonds. The summed E-state index contributed by atoms with van der Waals surface area (Å²) < 4.78 is 0. The number of halogens is 2. The van der Waals surface area contributed by atoms with Gasteiger partial charge in [0.05, 0.1) is 28.1 Å². The van der Waals surface area contributed by atoms with E-state index in [9.17, 15) is 9.90 Å². The van der Waals surface area contributed by atoms with Crippen LogP contribution in [0.4, 0.5) is 5.95 Å². The third-order valence-corrected chi connectivity index (χ3v) is 5.69. The number of carbonyl (C=O) groups excluding carboxylic acids is 1. The first-order valence-electron chi connectivity index (χ1n) is 8.47. The molecule has 3 aromatic rings. The summed E-state index contributed by atoms with van der Waals surface area (Å²) in [6.07, 6.45) is 2.05. The third kappa shape index (κ3) is 4.99. The van der Waals surface area contributed by atoms with Gasteiger partial charge in [-0.15, -0.1) is 11.3 Å². The summed E-state index contributed by atoms with van der Waals surface area (Å²) in [6.45, 7) is -0.208. The van der Waals surface area contributed by atoms with Crippen LogP contribution in [0.25, 0.3) is 10.6 Å². The van der Waals surface area contributed by atoms with Crippen molar-refractivity contribution in [3.63, 3.8) is 0 Å². The molecular formula is C19H18Cl2N4O2S. The highest BCUT2D eigenvalue weighted by Crippen LogP contribution is 2.27. The molecule has 3 rings (SSSR count). The lowest BCUT2D eigenvalue weighted by Gasteiger charge is -2.16. The molecule has 2 heterocycles. The smallest absolute Gasteiger partial charge is 0.261 e. The second-order valence-corrected chi connectivity index (χ2v) is 7.90. The van der Waals surface area contributed by atoms with Crippen LogP contribution >= 0.6 is 34.5 Å². The van der Waals surface area contributed by atoms with Crippen molar-refractivity contribution in [1.29, 1.82) is 0 Å². The predicted octanol–water partition coefficient (Wildman–Crippen LogP) is 3.89. The van der Waals surface area contributed by atoms with E-state index in [1.54, 1.807) is 43.6 Å². The Morgan fingerprint density at radius 2 is 2.07 bits per heavy atom. The van der Waals surface area contributed by atoms with Crippen LogP contribution in [0.15, 0.2) is 42.6 Å². The van der Waals surface area contributed by atoms with Crippen molar-refractivity contribution in [2.45, 2.75) is 12.5 Å². The number of nitrogens with zero attached hydrogens (tertiary/aromatic N) is 2. The monoisotopic (exact) mass is 436 g/mol. The van der Waals surface area contributed by atoms with Crippen LogP contribution < -0.4 is 10.6 Å². The number of thiophene rings is 1. The highest BCUT2D eigenvalue weighted by atomic mass is 35.5. The molecule has 28 heavy (non-hydrogen) atoms. The van der Waals surface area contributed by atoms with Gasteiger partial charge >= 0.3 is 0 Å². The molecule has 0 saturated carbocycles. The summed E-state index contributed by atoms with van der Waals surface area (Å²) in [4.78, 5) is 22.4. The van der Waals surface area contributed by atoms with E-state index in [-0.39, 0.29) is 12.5 Å². The van der Waals surface area contributed by atoms with Crippen LogP contribution in [-0.2, 0) is 6.42 Å². The van der Waals surface area contributed by atoms with Gasteiger partial charge in [0.1, 0.15) is 0 Å². The molecule has 0 saturated heterocycles. The lowest BCUT2D eigenvalue weighted by molar-refractivity contribution is 0.0920. The zero-order valence-electron chi connectivity index (χ0n) is 14.9. The fraction of sp³-hybridized carbons (Fsp3) is 0.211. The van der Waals surface area contributed by atoms with Crippen molar-refractivity contribution in [3.05, 3.63) is 63.1 Å². The number of aliphatic hydroxyl groups is 1. The molecule has 2 aromatic heterocycles. The van der Waals surface area contributed by atoms with E-state index >= 15 is 0 Å². The van der Waals surface area contributed by atoms with Crippen molar-refractivity contribution in [2.75, 3.05) is 19.0 Å². The lowest BCUT2D eigenvalue weighted by Crippen LogP contribution is -2.38. The lowest BCUT2D eigenvalue weighted by atomic mass is 10.1. The van der Waals surface area contributed by atoms with E-state index in [1.807, 2.05) is 6.07 Å². The van der Waals surface area contributed by atoms with E-state index < -0.39 is 6.04 Å². The number of aromatic nitrogens is 2. The van der Waals surface area contributed by atoms with Gasteiger partial charge < -0.3 is 15.7 Å². The number of anilines is 1. The van der Waals surface area contributed by atoms with Gasteiger partial charge in [-0.05, 0) is 42.3 Å². The molecule has 0 aliphatic carbocycles. The SMILES string of the molecule is CNc1nccc(-c2ccc(C(=O)N[C@H](CO)Cc3ccc(Cl)cc3Cl)s2)n1. The fourth-order valence-corrected chi connectivity index (χ4v) is 3.95. The summed E-state index contributed by atoms with van der Waals surface area (Å²) in [6, 6.07) is 10.1. The summed E-state index contributed by atoms with van der Waals surface area (Å²) in [5.74, 6) is 0.250. The van der Waals surface area contributed by atoms with E-state index in [1.165, 1.54) is 11.3 Å². The molecule has 0 unspecified atom stereocenters. The van der Waals surface area contributed by atoms with E-state index in [2.05, 4.69) is 20.6 Å². The number of nitrogens with one attached hydrogen (secondary N) is 2. The molecule has 146 valence electrons. The Morgan fingerprint density at radius 3 is 2.79 bits per heavy atom. The number of aliphatic hydroxyl groups excluding tert-OH is 1. The number of rotatable bonds is 7. The van der Waals surface area contributed by atoms with Gasteiger partial charge in [-0.3, -0.25) is 4.79 Å². The minimum absolute atomic E-state index is 0.208. The Kier molecular flexibility index (Phi) is 6.85. The van der Waals surface area contributed by atoms with Gasteiger partial charge in [0.25, 0.3) is 5.91 Å². The van der Waals surface area contributed by atoms with Crippen molar-refractivity contribution >= 4 is 46.4 Å². The number of amides is 1. The van der Waals surface area contributed by atoms with Crippen LogP contribution in [0.1, 0.15) is 15.2 Å². The van der Waals surface area contributed by atoms with Crippen LogP contribution in [0, 0.1) is 0 Å². The molecule has 3 N–H and O–H groups in total. The molecule has 0 fully saturated rings. The molecule has 0 spiro atoms. The first-order chi connectivity index (χ1) is 13.5. The minimum atomic E-state index is -0.466. The molecule has 0 aliphatic rings. The Bertz CT molecular complexity index is 980. The van der Waals surface area contributed by atoms with Gasteiger partial charge in [0.2, 0.25) is 5.95 Å². The van der Waals surface area contributed by atoms with Crippen molar-refractivity contribution in [3.8, 4) is 10.6 Å². The van der Waals surface area contributed by atoms with Gasteiger partial charge in [0, 0.05) is 23.3 Å². The fourth-order valence-electron chi connectivity index (χ4n) is 2.58. The number of carbonyl (C=O) groups is 1. The van der Waals surface area contributed by atoms with Crippen LogP contribution in [-0.4, -0.2) is 40.7 Å². The van der Waals surface area contributed by atoms with Gasteiger partial charge in [0.15, 0.2) is 0 Å². The van der Waals surface area contributed by atoms with Gasteiger partial charge in [-0.1, -0.05) is 29.3 Å². The minimum Gasteiger partial charge on any atom is -0.394 e. The first kappa shape index (κ1) is 20.5. The van der Waals surface area contributed by atoms with Crippen LogP contribution in [0.5, 0.6) is 0 Å². The zero-order valence-corrected chi connectivity index (χ0v) is 17.3. The highest BCUT2D eigenvalue weighted by Gasteiger charge is 2.17. The molecule has 1 aromatic carbocycles. The van der Waals surface area contributed by atoms with Crippen LogP contribution in [0.2, 0.25) is 10.0 Å². The topological polar surface area (TPSA) is 87.1 Å². The van der Waals surface area contributed by atoms with Crippen LogP contribution in [0.3, 0.4) is 0 Å². The molecule has 9 heteroatoms. The van der Waals surface area contributed by atoms with Crippen molar-refractivity contribution in [1.82, 2.24) is 15.3 Å². The Morgan fingerprint density at radius 1 is 1.25 bits per heavy atom. The molecule has 0 radical (unpaired) electrons. The normalized spacial score (nSPS) is 11.9. The standard InChI is InChI=1S/C19H18Cl2N4O2S/c1-22-19-23-7-6-15(25-19)16-4-5-17(28-16)18(27)24-13(10-26)8-11-2-3-12(20)9-14(11)21/h2-7,9,13,26H,8,10H2,1H3,(H,24,27)(H,22,23,25)/t13-/m0/s1. The molecule has 6 nitrogen and oxygen atoms in total. The summed E-state index contributed by atoms with van der Waals surface area (Å²) in [7, 11) is 1.74. The van der Waals surface area contributed by atoms with Crippen molar-refractivity contribution < 1.29 is 9.90 Å². The Hall–Kier alpha value is -2.19. The number of hydrogen-bond donors (Lipinski definition) is 3. The number of benzene rings is 1. The second kappa shape index (κ2) is 9.34. The quantitative estimate of drug-likeness (QED) is 0.522. The Balaban J connectivity index is 1.70. The van der Waals surface area contributed by atoms with E-state index in [0.717, 1.165) is 16.1 Å². The Labute approximate surface area is 176 Å². The summed E-state index contributed by atoms with van der Waals surface area (Å²) in [5, 5.41) is 16.4. The average Bonchev–Trinajstić information content (AvgIpc) is 3.19. The predicted molar refractivity (Wildman–Crippen MR) is 113 cm³/mol. The molecule has 0 bridgehead atoms. The molecule has 1 atom stereocenters. The zero-order chi connectivity index (χ0) is 20.1. The number of hydrogen-bond acceptors (Lipinski definition) is 6. The van der Waals surface area contributed by atoms with Crippen molar-refractivity contribution in [2.24, 2.45) is 0 Å². The third-order valence-electron chi connectivity index (χ3n) is 4.00. The average molecular weight is 437 g/mol. The highest BCUT2D eigenvalue weighted by molar-refractivity contribution is 7.17. The maximum absolute atomic E-state index is 12.6. The summed E-state index contributed by atoms with van der Waals surface area (Å²) in [5.41, 5.74) is 1.54. The van der Waals surface area contributed by atoms with E-state index in [0.29, 0.717) is 27.3 Å². The second-order valence-electron chi connectivity index (χ2n) is 5.97. The maximum atomic E-state index is 12.6. The largest absolute Gasteiger partial charge is 0.394 e. The van der Waals surface area contributed by atoms with Gasteiger partial charge in [-0.25, -0.2) is 9.97 Å².